The van der Waals surface area contributed by atoms with Crippen molar-refractivity contribution in [3.63, 3.8) is 0 Å². The third kappa shape index (κ3) is 2.91. The number of carbonyl (C=O) groups is 1. The molecular formula is C19H19N3O3. The summed E-state index contributed by atoms with van der Waals surface area (Å²) in [6, 6.07) is 11.6. The molecule has 0 unspecified atom stereocenters. The lowest BCUT2D eigenvalue weighted by Gasteiger charge is -2.11. The zero-order valence-electron chi connectivity index (χ0n) is 14.1. The van der Waals surface area contributed by atoms with E-state index in [1.165, 1.54) is 0 Å². The Labute approximate surface area is 145 Å². The highest BCUT2D eigenvalue weighted by atomic mass is 16.5. The minimum Gasteiger partial charge on any atom is -0.497 e. The second-order valence-corrected chi connectivity index (χ2v) is 6.16. The second-order valence-electron chi connectivity index (χ2n) is 6.16. The third-order valence-corrected chi connectivity index (χ3v) is 4.47. The van der Waals surface area contributed by atoms with Crippen molar-refractivity contribution in [2.24, 2.45) is 5.92 Å². The summed E-state index contributed by atoms with van der Waals surface area (Å²) in [5, 5.41) is 11.0. The summed E-state index contributed by atoms with van der Waals surface area (Å²) in [4.78, 5) is 12.0. The fourth-order valence-corrected chi connectivity index (χ4v) is 2.89. The van der Waals surface area contributed by atoms with E-state index in [4.69, 9.17) is 9.47 Å². The van der Waals surface area contributed by atoms with E-state index < -0.39 is 0 Å². The summed E-state index contributed by atoms with van der Waals surface area (Å²) in [6.07, 6.45) is 1.93. The fraction of sp³-hybridized carbons (Fsp3) is 0.263. The summed E-state index contributed by atoms with van der Waals surface area (Å²) in [7, 11) is 3.28. The number of amides is 1. The number of hydrogen-bond donors (Lipinski definition) is 2. The van der Waals surface area contributed by atoms with E-state index in [-0.39, 0.29) is 11.8 Å². The molecule has 0 atom stereocenters. The summed E-state index contributed by atoms with van der Waals surface area (Å²) in [5.41, 5.74) is 2.77. The van der Waals surface area contributed by atoms with Crippen LogP contribution in [0.2, 0.25) is 0 Å². The van der Waals surface area contributed by atoms with Gasteiger partial charge in [-0.1, -0.05) is 6.07 Å². The van der Waals surface area contributed by atoms with Crippen LogP contribution in [-0.2, 0) is 4.79 Å². The van der Waals surface area contributed by atoms with E-state index in [1.807, 2.05) is 36.4 Å². The van der Waals surface area contributed by atoms with Gasteiger partial charge < -0.3 is 14.8 Å². The van der Waals surface area contributed by atoms with Crippen LogP contribution < -0.4 is 14.8 Å². The molecule has 0 spiro atoms. The molecule has 1 saturated carbocycles. The van der Waals surface area contributed by atoms with E-state index in [2.05, 4.69) is 15.5 Å². The Morgan fingerprint density at radius 3 is 2.72 bits per heavy atom. The number of aromatic nitrogens is 2. The molecule has 4 rings (SSSR count). The number of rotatable bonds is 5. The van der Waals surface area contributed by atoms with Gasteiger partial charge in [0.15, 0.2) is 5.82 Å². The van der Waals surface area contributed by atoms with Crippen molar-refractivity contribution in [1.82, 2.24) is 10.2 Å². The summed E-state index contributed by atoms with van der Waals surface area (Å²) >= 11 is 0. The quantitative estimate of drug-likeness (QED) is 0.746. The zero-order chi connectivity index (χ0) is 17.4. The van der Waals surface area contributed by atoms with Crippen LogP contribution in [0.3, 0.4) is 0 Å². The molecule has 6 heteroatoms. The summed E-state index contributed by atoms with van der Waals surface area (Å²) < 4.78 is 10.8. The van der Waals surface area contributed by atoms with Crippen LogP contribution in [0.4, 0.5) is 5.82 Å². The molecule has 1 heterocycles. The molecule has 1 amide bonds. The molecule has 6 nitrogen and oxygen atoms in total. The number of nitrogens with one attached hydrogen (secondary N) is 2. The van der Waals surface area contributed by atoms with E-state index in [1.54, 1.807) is 14.2 Å². The van der Waals surface area contributed by atoms with Crippen molar-refractivity contribution >= 4 is 22.6 Å². The Morgan fingerprint density at radius 2 is 2.00 bits per heavy atom. The maximum absolute atomic E-state index is 12.0. The minimum atomic E-state index is 0.0481. The number of nitrogens with zero attached hydrogens (tertiary/aromatic N) is 1. The molecule has 25 heavy (non-hydrogen) atoms. The van der Waals surface area contributed by atoms with Gasteiger partial charge in [-0.3, -0.25) is 9.89 Å². The molecule has 0 aliphatic heterocycles. The normalized spacial score (nSPS) is 13.7. The Balaban J connectivity index is 1.71. The van der Waals surface area contributed by atoms with Crippen LogP contribution in [0, 0.1) is 5.92 Å². The van der Waals surface area contributed by atoms with Crippen molar-refractivity contribution in [1.29, 1.82) is 0 Å². The van der Waals surface area contributed by atoms with Gasteiger partial charge >= 0.3 is 0 Å². The van der Waals surface area contributed by atoms with Crippen molar-refractivity contribution in [2.75, 3.05) is 19.5 Å². The molecule has 1 fully saturated rings. The second kappa shape index (κ2) is 6.12. The van der Waals surface area contributed by atoms with E-state index in [0.29, 0.717) is 5.82 Å². The number of benzene rings is 2. The topological polar surface area (TPSA) is 76.2 Å². The predicted octanol–water partition coefficient (Wildman–Crippen LogP) is 3.60. The smallest absolute Gasteiger partial charge is 0.228 e. The average molecular weight is 337 g/mol. The number of anilines is 1. The van der Waals surface area contributed by atoms with Gasteiger partial charge in [-0.2, -0.15) is 5.10 Å². The molecule has 1 aliphatic carbocycles. The SMILES string of the molecule is COc1ccc(OC)c(-c2ccc3c(NC(=O)C4CC4)n[nH]c3c2)c1. The lowest BCUT2D eigenvalue weighted by atomic mass is 10.0. The van der Waals surface area contributed by atoms with Crippen LogP contribution in [0.5, 0.6) is 11.5 Å². The van der Waals surface area contributed by atoms with Gasteiger partial charge in [-0.15, -0.1) is 0 Å². The predicted molar refractivity (Wildman–Crippen MR) is 96.0 cm³/mol. The lowest BCUT2D eigenvalue weighted by Crippen LogP contribution is -2.13. The maximum Gasteiger partial charge on any atom is 0.228 e. The number of H-pyrrole nitrogens is 1. The molecule has 1 aliphatic rings. The number of hydrogen-bond acceptors (Lipinski definition) is 4. The number of ether oxygens (including phenoxy) is 2. The number of fused-ring (bicyclic) bond motifs is 1. The van der Waals surface area contributed by atoms with Gasteiger partial charge in [0.25, 0.3) is 0 Å². The molecular weight excluding hydrogens is 318 g/mol. The van der Waals surface area contributed by atoms with Crippen LogP contribution >= 0.6 is 0 Å². The van der Waals surface area contributed by atoms with Crippen LogP contribution in [-0.4, -0.2) is 30.3 Å². The van der Waals surface area contributed by atoms with Gasteiger partial charge in [0.1, 0.15) is 11.5 Å². The highest BCUT2D eigenvalue weighted by Gasteiger charge is 2.30. The van der Waals surface area contributed by atoms with Gasteiger partial charge in [-0.05, 0) is 48.7 Å². The van der Waals surface area contributed by atoms with Crippen molar-refractivity contribution in [3.05, 3.63) is 36.4 Å². The summed E-state index contributed by atoms with van der Waals surface area (Å²) in [6.45, 7) is 0. The molecule has 3 aromatic rings. The number of methoxy groups -OCH3 is 2. The average Bonchev–Trinajstić information content (AvgIpc) is 3.43. The monoisotopic (exact) mass is 337 g/mol. The Bertz CT molecular complexity index is 944. The first-order valence-electron chi connectivity index (χ1n) is 8.21. The van der Waals surface area contributed by atoms with Crippen molar-refractivity contribution in [2.45, 2.75) is 12.8 Å². The maximum atomic E-state index is 12.0. The van der Waals surface area contributed by atoms with Crippen molar-refractivity contribution in [3.8, 4) is 22.6 Å². The van der Waals surface area contributed by atoms with Gasteiger partial charge in [0, 0.05) is 16.9 Å². The lowest BCUT2D eigenvalue weighted by molar-refractivity contribution is -0.117. The van der Waals surface area contributed by atoms with Crippen LogP contribution in [0.15, 0.2) is 36.4 Å². The zero-order valence-corrected chi connectivity index (χ0v) is 14.1. The van der Waals surface area contributed by atoms with E-state index >= 15 is 0 Å². The molecule has 0 bridgehead atoms. The molecule has 1 aromatic heterocycles. The molecule has 0 saturated heterocycles. The highest BCUT2D eigenvalue weighted by molar-refractivity contribution is 6.02. The van der Waals surface area contributed by atoms with E-state index in [0.717, 1.165) is 46.4 Å². The third-order valence-electron chi connectivity index (χ3n) is 4.47. The Kier molecular flexibility index (Phi) is 3.80. The molecule has 0 radical (unpaired) electrons. The first kappa shape index (κ1) is 15.5. The minimum absolute atomic E-state index is 0.0481. The van der Waals surface area contributed by atoms with E-state index in [9.17, 15) is 4.79 Å². The molecule has 128 valence electrons. The Hall–Kier alpha value is -3.02. The highest BCUT2D eigenvalue weighted by Crippen LogP contribution is 2.36. The Morgan fingerprint density at radius 1 is 1.16 bits per heavy atom. The first-order chi connectivity index (χ1) is 12.2. The van der Waals surface area contributed by atoms with Crippen molar-refractivity contribution < 1.29 is 14.3 Å². The largest absolute Gasteiger partial charge is 0.497 e. The molecule has 2 aromatic carbocycles. The van der Waals surface area contributed by atoms with Crippen LogP contribution in [0.25, 0.3) is 22.0 Å². The standard InChI is InChI=1S/C19H19N3O3/c1-24-13-6-8-17(25-2)15(10-13)12-5-7-14-16(9-12)21-22-18(14)20-19(23)11-3-4-11/h5-11H,3-4H2,1-2H3,(H2,20,21,22,23). The van der Waals surface area contributed by atoms with Gasteiger partial charge in [0.05, 0.1) is 19.7 Å². The number of carbonyl (C=O) groups excluding carboxylic acids is 1. The first-order valence-corrected chi connectivity index (χ1v) is 8.21. The molecule has 2 N–H and O–H groups in total. The fourth-order valence-electron chi connectivity index (χ4n) is 2.89. The van der Waals surface area contributed by atoms with Gasteiger partial charge in [-0.25, -0.2) is 0 Å². The number of aromatic amines is 1. The summed E-state index contributed by atoms with van der Waals surface area (Å²) in [5.74, 6) is 2.30. The van der Waals surface area contributed by atoms with Crippen LogP contribution in [0.1, 0.15) is 12.8 Å². The van der Waals surface area contributed by atoms with Gasteiger partial charge in [0.2, 0.25) is 5.91 Å².